The second-order valence-electron chi connectivity index (χ2n) is 8.17. The van der Waals surface area contributed by atoms with E-state index < -0.39 is 17.8 Å². The van der Waals surface area contributed by atoms with E-state index in [4.69, 9.17) is 4.74 Å². The number of amides is 1. The molecule has 2 fully saturated rings. The Balaban J connectivity index is 1.48. The number of benzene rings is 1. The normalized spacial score (nSPS) is 23.3. The highest BCUT2D eigenvalue weighted by atomic mass is 19.4. The molecule has 30 heavy (non-hydrogen) atoms. The molecule has 1 aromatic carbocycles. The molecular formula is C21H25F3N4O2. The van der Waals surface area contributed by atoms with Gasteiger partial charge < -0.3 is 19.1 Å². The number of halogens is 3. The average molecular weight is 422 g/mol. The fraction of sp³-hybridized carbons (Fsp3) is 0.524. The minimum atomic E-state index is -4.42. The van der Waals surface area contributed by atoms with Crippen LogP contribution < -0.4 is 4.74 Å². The third kappa shape index (κ3) is 4.45. The van der Waals surface area contributed by atoms with Crippen molar-refractivity contribution in [2.24, 2.45) is 24.8 Å². The quantitative estimate of drug-likeness (QED) is 0.713. The van der Waals surface area contributed by atoms with Crippen LogP contribution in [0.5, 0.6) is 5.88 Å². The average Bonchev–Trinajstić information content (AvgIpc) is 3.02. The van der Waals surface area contributed by atoms with Gasteiger partial charge in [-0.05, 0) is 42.0 Å². The number of nitrogens with zero attached hydrogens (tertiary/aromatic N) is 4. The van der Waals surface area contributed by atoms with Gasteiger partial charge in [-0.1, -0.05) is 19.1 Å². The summed E-state index contributed by atoms with van der Waals surface area (Å²) < 4.78 is 46.3. The zero-order valence-corrected chi connectivity index (χ0v) is 17.0. The summed E-state index contributed by atoms with van der Waals surface area (Å²) in [7, 11) is 1.76. The third-order valence-corrected chi connectivity index (χ3v) is 6.08. The van der Waals surface area contributed by atoms with E-state index in [0.29, 0.717) is 29.9 Å². The summed E-state index contributed by atoms with van der Waals surface area (Å²) in [5.74, 6) is 1.60. The highest BCUT2D eigenvalue weighted by molar-refractivity contribution is 5.70. The number of alkyl halides is 3. The number of aryl methyl sites for hydroxylation is 1. The summed E-state index contributed by atoms with van der Waals surface area (Å²) >= 11 is 0. The maximum atomic E-state index is 13.1. The number of hydrogen-bond donors (Lipinski definition) is 0. The second-order valence-corrected chi connectivity index (χ2v) is 8.17. The molecule has 1 amide bonds. The summed E-state index contributed by atoms with van der Waals surface area (Å²) in [6.07, 6.45) is -1.93. The molecule has 2 unspecified atom stereocenters. The van der Waals surface area contributed by atoms with Crippen LogP contribution in [0.15, 0.2) is 36.8 Å². The number of rotatable bonds is 6. The van der Waals surface area contributed by atoms with Crippen LogP contribution in [0.4, 0.5) is 18.0 Å². The third-order valence-electron chi connectivity index (χ3n) is 6.08. The van der Waals surface area contributed by atoms with Crippen molar-refractivity contribution in [2.75, 3.05) is 26.2 Å². The molecule has 1 saturated carbocycles. The van der Waals surface area contributed by atoms with Crippen LogP contribution in [0, 0.1) is 17.8 Å². The van der Waals surface area contributed by atoms with Crippen LogP contribution in [0.1, 0.15) is 18.1 Å². The summed E-state index contributed by atoms with van der Waals surface area (Å²) in [5, 5.41) is 0. The van der Waals surface area contributed by atoms with Crippen LogP contribution in [-0.4, -0.2) is 51.6 Å². The number of ether oxygens (including phenoxy) is 1. The van der Waals surface area contributed by atoms with E-state index in [1.165, 1.54) is 17.3 Å². The zero-order chi connectivity index (χ0) is 21.5. The lowest BCUT2D eigenvalue weighted by Gasteiger charge is -2.24. The number of carbonyl (C=O) groups is 1. The molecule has 4 rings (SSSR count). The topological polar surface area (TPSA) is 50.6 Å². The molecule has 162 valence electrons. The van der Waals surface area contributed by atoms with Gasteiger partial charge in [-0.3, -0.25) is 0 Å². The molecule has 0 spiro atoms. The van der Waals surface area contributed by atoms with Gasteiger partial charge in [-0.15, -0.1) is 0 Å². The Morgan fingerprint density at radius 3 is 2.63 bits per heavy atom. The molecule has 1 saturated heterocycles. The van der Waals surface area contributed by atoms with E-state index in [1.807, 2.05) is 0 Å². The fourth-order valence-corrected chi connectivity index (χ4v) is 4.39. The van der Waals surface area contributed by atoms with Crippen LogP contribution in [0.25, 0.3) is 0 Å². The largest absolute Gasteiger partial charge is 0.416 e. The number of aromatic nitrogens is 2. The van der Waals surface area contributed by atoms with Gasteiger partial charge >= 0.3 is 12.3 Å². The molecule has 1 aromatic heterocycles. The van der Waals surface area contributed by atoms with Crippen molar-refractivity contribution in [3.05, 3.63) is 47.9 Å². The standard InChI is InChI=1S/C21H25F3N4O2/c1-3-27-9-16-17(10-27)18(16)11-28(20(29)30-19-12-26(2)13-25-19)8-14-5-4-6-15(7-14)21(22,23)24/h4-7,12-13,16-18H,3,8-11H2,1-2H3. The molecule has 2 aromatic rings. The molecule has 0 N–H and O–H groups in total. The summed E-state index contributed by atoms with van der Waals surface area (Å²) in [4.78, 5) is 20.7. The van der Waals surface area contributed by atoms with Crippen molar-refractivity contribution in [1.82, 2.24) is 19.4 Å². The van der Waals surface area contributed by atoms with Gasteiger partial charge in [-0.25, -0.2) is 9.78 Å². The van der Waals surface area contributed by atoms with Gasteiger partial charge in [-0.2, -0.15) is 13.2 Å². The first-order chi connectivity index (χ1) is 14.2. The van der Waals surface area contributed by atoms with E-state index >= 15 is 0 Å². The molecule has 2 aliphatic rings. The van der Waals surface area contributed by atoms with Gasteiger partial charge in [0.15, 0.2) is 0 Å². The lowest BCUT2D eigenvalue weighted by Crippen LogP contribution is -2.37. The summed E-state index contributed by atoms with van der Waals surface area (Å²) in [5.41, 5.74) is -0.302. The molecule has 6 nitrogen and oxygen atoms in total. The van der Waals surface area contributed by atoms with Gasteiger partial charge in [0.1, 0.15) is 0 Å². The Bertz CT molecular complexity index is 902. The second kappa shape index (κ2) is 7.94. The first-order valence-corrected chi connectivity index (χ1v) is 10.1. The van der Waals surface area contributed by atoms with Crippen molar-refractivity contribution in [1.29, 1.82) is 0 Å². The molecule has 0 bridgehead atoms. The Labute approximate surface area is 173 Å². The Hall–Kier alpha value is -2.55. The Morgan fingerprint density at radius 1 is 1.30 bits per heavy atom. The number of fused-ring (bicyclic) bond motifs is 1. The molecule has 9 heteroatoms. The molecule has 2 atom stereocenters. The van der Waals surface area contributed by atoms with Gasteiger partial charge in [0.25, 0.3) is 0 Å². The lowest BCUT2D eigenvalue weighted by molar-refractivity contribution is -0.137. The van der Waals surface area contributed by atoms with Gasteiger partial charge in [0.05, 0.1) is 18.1 Å². The van der Waals surface area contributed by atoms with Crippen molar-refractivity contribution >= 4 is 6.09 Å². The van der Waals surface area contributed by atoms with E-state index in [2.05, 4.69) is 16.8 Å². The van der Waals surface area contributed by atoms with Crippen molar-refractivity contribution in [3.8, 4) is 5.88 Å². The van der Waals surface area contributed by atoms with Gasteiger partial charge in [0, 0.05) is 33.2 Å². The molecule has 0 radical (unpaired) electrons. The van der Waals surface area contributed by atoms with Crippen LogP contribution in [0.3, 0.4) is 0 Å². The molecule has 1 aliphatic carbocycles. The lowest BCUT2D eigenvalue weighted by atomic mass is 10.1. The SMILES string of the molecule is CCN1CC2C(C1)C2CN(Cc1cccc(C(F)(F)F)c1)C(=O)Oc1cn(C)cn1. The first kappa shape index (κ1) is 20.7. The maximum Gasteiger partial charge on any atom is 0.416 e. The maximum absolute atomic E-state index is 13.1. The van der Waals surface area contributed by atoms with E-state index in [1.54, 1.807) is 23.9 Å². The Kier molecular flexibility index (Phi) is 5.48. The van der Waals surface area contributed by atoms with Gasteiger partial charge in [0.2, 0.25) is 5.88 Å². The summed E-state index contributed by atoms with van der Waals surface area (Å²) in [6.45, 7) is 5.69. The number of likely N-dealkylation sites (tertiary alicyclic amines) is 1. The van der Waals surface area contributed by atoms with Crippen LogP contribution in [-0.2, 0) is 19.8 Å². The Morgan fingerprint density at radius 2 is 2.03 bits per heavy atom. The van der Waals surface area contributed by atoms with E-state index in [0.717, 1.165) is 31.8 Å². The highest BCUT2D eigenvalue weighted by Gasteiger charge is 2.55. The van der Waals surface area contributed by atoms with Crippen LogP contribution >= 0.6 is 0 Å². The minimum Gasteiger partial charge on any atom is -0.389 e. The fourth-order valence-electron chi connectivity index (χ4n) is 4.39. The number of piperidine rings is 1. The van der Waals surface area contributed by atoms with Crippen molar-refractivity contribution < 1.29 is 22.7 Å². The van der Waals surface area contributed by atoms with E-state index in [-0.39, 0.29) is 12.4 Å². The number of hydrogen-bond acceptors (Lipinski definition) is 4. The highest BCUT2D eigenvalue weighted by Crippen LogP contribution is 2.52. The smallest absolute Gasteiger partial charge is 0.389 e. The zero-order valence-electron chi connectivity index (χ0n) is 17.0. The molecular weight excluding hydrogens is 397 g/mol. The molecule has 1 aliphatic heterocycles. The predicted octanol–water partition coefficient (Wildman–Crippen LogP) is 3.64. The van der Waals surface area contributed by atoms with Crippen molar-refractivity contribution in [2.45, 2.75) is 19.6 Å². The summed E-state index contributed by atoms with van der Waals surface area (Å²) in [6, 6.07) is 5.09. The monoisotopic (exact) mass is 422 g/mol. The molecule has 2 heterocycles. The number of imidazole rings is 1. The van der Waals surface area contributed by atoms with Crippen LogP contribution in [0.2, 0.25) is 0 Å². The predicted molar refractivity (Wildman–Crippen MR) is 104 cm³/mol. The minimum absolute atomic E-state index is 0.0586. The first-order valence-electron chi connectivity index (χ1n) is 10.1. The van der Waals surface area contributed by atoms with Crippen molar-refractivity contribution in [3.63, 3.8) is 0 Å². The van der Waals surface area contributed by atoms with E-state index in [9.17, 15) is 18.0 Å². The number of carbonyl (C=O) groups excluding carboxylic acids is 1.